The summed E-state index contributed by atoms with van der Waals surface area (Å²) in [6.07, 6.45) is 0.978. The van der Waals surface area contributed by atoms with E-state index in [1.807, 2.05) is 19.1 Å². The van der Waals surface area contributed by atoms with Gasteiger partial charge in [0.05, 0.1) is 33.0 Å². The minimum absolute atomic E-state index is 0.196. The molecule has 0 spiro atoms. The molecule has 0 aromatic heterocycles. The molecule has 0 radical (unpaired) electrons. The van der Waals surface area contributed by atoms with Gasteiger partial charge in [-0.2, -0.15) is 5.10 Å². The van der Waals surface area contributed by atoms with Crippen molar-refractivity contribution in [3.63, 3.8) is 0 Å². The van der Waals surface area contributed by atoms with E-state index in [2.05, 4.69) is 31.8 Å². The van der Waals surface area contributed by atoms with E-state index in [0.29, 0.717) is 50.5 Å². The van der Waals surface area contributed by atoms with E-state index in [4.69, 9.17) is 44.3 Å². The maximum absolute atomic E-state index is 12.1. The molecule has 0 aliphatic rings. The first-order valence-corrected chi connectivity index (χ1v) is 12.6. The molecular weight excluding hydrogens is 593 g/mol. The number of hydrazone groups is 1. The highest BCUT2D eigenvalue weighted by molar-refractivity contribution is 9.10. The number of ether oxygens (including phenoxy) is 2. The van der Waals surface area contributed by atoms with Crippen LogP contribution in [0.1, 0.15) is 24.5 Å². The molecule has 3 rings (SSSR count). The third-order valence-electron chi connectivity index (χ3n) is 4.58. The average molecular weight is 614 g/mol. The van der Waals surface area contributed by atoms with Crippen LogP contribution in [0.25, 0.3) is 0 Å². The zero-order valence-electron chi connectivity index (χ0n) is 19.0. The van der Waals surface area contributed by atoms with Crippen LogP contribution in [0.5, 0.6) is 11.5 Å². The third kappa shape index (κ3) is 8.13. The highest BCUT2D eigenvalue weighted by Crippen LogP contribution is 2.37. The summed E-state index contributed by atoms with van der Waals surface area (Å²) in [6.45, 7) is 2.61. The van der Waals surface area contributed by atoms with Crippen molar-refractivity contribution in [3.8, 4) is 11.5 Å². The average Bonchev–Trinajstić information content (AvgIpc) is 2.83. The van der Waals surface area contributed by atoms with Gasteiger partial charge in [-0.1, -0.05) is 53.0 Å². The lowest BCUT2D eigenvalue weighted by atomic mass is 10.2. The highest BCUT2D eigenvalue weighted by Gasteiger charge is 2.14. The number of anilines is 1. The number of halogens is 4. The van der Waals surface area contributed by atoms with Crippen LogP contribution < -0.4 is 20.2 Å². The normalized spacial score (nSPS) is 10.8. The number of carbonyl (C=O) groups is 2. The molecule has 0 saturated carbocycles. The minimum atomic E-state index is -0.603. The molecule has 0 bridgehead atoms. The number of rotatable bonds is 10. The summed E-state index contributed by atoms with van der Waals surface area (Å²) in [7, 11) is 0. The van der Waals surface area contributed by atoms with Gasteiger partial charge in [0.2, 0.25) is 11.8 Å². The maximum Gasteiger partial charge on any atom is 0.249 e. The lowest BCUT2D eigenvalue weighted by Gasteiger charge is -2.14. The first kappa shape index (κ1) is 27.8. The van der Waals surface area contributed by atoms with Crippen LogP contribution in [0.3, 0.4) is 0 Å². The van der Waals surface area contributed by atoms with Crippen molar-refractivity contribution in [1.29, 1.82) is 0 Å². The lowest BCUT2D eigenvalue weighted by molar-refractivity contribution is -0.126. The molecule has 36 heavy (non-hydrogen) atoms. The fourth-order valence-electron chi connectivity index (χ4n) is 2.96. The van der Waals surface area contributed by atoms with Gasteiger partial charge in [-0.05, 0) is 70.4 Å². The quantitative estimate of drug-likeness (QED) is 0.149. The molecule has 3 aromatic rings. The second-order valence-electron chi connectivity index (χ2n) is 7.30. The van der Waals surface area contributed by atoms with E-state index in [1.54, 1.807) is 42.5 Å². The number of benzene rings is 3. The first-order valence-electron chi connectivity index (χ1n) is 10.7. The topological polar surface area (TPSA) is 89.0 Å². The van der Waals surface area contributed by atoms with E-state index in [1.165, 1.54) is 6.21 Å². The maximum atomic E-state index is 12.1. The Morgan fingerprint density at radius 1 is 1.03 bits per heavy atom. The number of hydrogen-bond acceptors (Lipinski definition) is 5. The Morgan fingerprint density at radius 3 is 2.50 bits per heavy atom. The predicted molar refractivity (Wildman–Crippen MR) is 147 cm³/mol. The molecule has 0 saturated heterocycles. The Balaban J connectivity index is 1.60. The summed E-state index contributed by atoms with van der Waals surface area (Å²) >= 11 is 21.4. The molecule has 188 valence electrons. The summed E-state index contributed by atoms with van der Waals surface area (Å²) in [5.74, 6) is -0.125. The van der Waals surface area contributed by atoms with Crippen molar-refractivity contribution < 1.29 is 19.1 Å². The Morgan fingerprint density at radius 2 is 1.78 bits per heavy atom. The van der Waals surface area contributed by atoms with Gasteiger partial charge in [0.15, 0.2) is 11.5 Å². The Labute approximate surface area is 231 Å². The second-order valence-corrected chi connectivity index (χ2v) is 9.37. The Kier molecular flexibility index (Phi) is 10.4. The molecule has 0 aliphatic heterocycles. The third-order valence-corrected chi connectivity index (χ3v) is 6.24. The van der Waals surface area contributed by atoms with Crippen LogP contribution in [-0.4, -0.2) is 24.6 Å². The number of carbonyl (C=O) groups excluding carboxylic acids is 2. The largest absolute Gasteiger partial charge is 0.490 e. The molecule has 0 aliphatic carbocycles. The number of hydrogen-bond donors (Lipinski definition) is 2. The van der Waals surface area contributed by atoms with Crippen molar-refractivity contribution in [2.45, 2.75) is 20.0 Å². The minimum Gasteiger partial charge on any atom is -0.490 e. The molecule has 3 aromatic carbocycles. The van der Waals surface area contributed by atoms with Crippen LogP contribution in [-0.2, 0) is 16.2 Å². The van der Waals surface area contributed by atoms with Gasteiger partial charge >= 0.3 is 0 Å². The van der Waals surface area contributed by atoms with E-state index in [9.17, 15) is 9.59 Å². The van der Waals surface area contributed by atoms with E-state index < -0.39 is 18.2 Å². The first-order chi connectivity index (χ1) is 17.3. The summed E-state index contributed by atoms with van der Waals surface area (Å²) in [4.78, 5) is 24.2. The van der Waals surface area contributed by atoms with Crippen LogP contribution >= 0.6 is 50.7 Å². The Bertz CT molecular complexity index is 1270. The van der Waals surface area contributed by atoms with Crippen LogP contribution in [0.4, 0.5) is 5.69 Å². The molecular formula is C25H21BrCl3N3O4. The SMILES string of the molecule is CCOc1cc(C=NNC(=O)CC(=O)Nc2cccc(Cl)c2Cl)cc(Br)c1OCc1ccc(Cl)cc1. The van der Waals surface area contributed by atoms with E-state index in [0.717, 1.165) is 5.56 Å². The van der Waals surface area contributed by atoms with Crippen LogP contribution in [0.2, 0.25) is 15.1 Å². The van der Waals surface area contributed by atoms with E-state index >= 15 is 0 Å². The molecule has 7 nitrogen and oxygen atoms in total. The predicted octanol–water partition coefficient (Wildman–Crippen LogP) is 6.87. The van der Waals surface area contributed by atoms with E-state index in [-0.39, 0.29) is 5.02 Å². The zero-order valence-corrected chi connectivity index (χ0v) is 22.8. The van der Waals surface area contributed by atoms with Crippen molar-refractivity contribution in [2.75, 3.05) is 11.9 Å². The standard InChI is InChI=1S/C25H21BrCl3N3O4/c1-2-35-21-11-16(10-18(26)25(21)36-14-15-6-8-17(27)9-7-15)13-30-32-23(34)12-22(33)31-20-5-3-4-19(28)24(20)29/h3-11,13H,2,12,14H2,1H3,(H,31,33)(H,32,34). The van der Waals surface area contributed by atoms with Gasteiger partial charge in [-0.3, -0.25) is 9.59 Å². The molecule has 2 N–H and O–H groups in total. The van der Waals surface area contributed by atoms with Crippen LogP contribution in [0.15, 0.2) is 64.2 Å². The zero-order chi connectivity index (χ0) is 26.1. The summed E-state index contributed by atoms with van der Waals surface area (Å²) < 4.78 is 12.3. The number of nitrogens with zero attached hydrogens (tertiary/aromatic N) is 1. The van der Waals surface area contributed by atoms with Gasteiger partial charge in [-0.15, -0.1) is 0 Å². The second kappa shape index (κ2) is 13.5. The fraction of sp³-hybridized carbons (Fsp3) is 0.160. The van der Waals surface area contributed by atoms with Crippen molar-refractivity contribution in [1.82, 2.24) is 5.43 Å². The molecule has 0 fully saturated rings. The fourth-order valence-corrected chi connectivity index (χ4v) is 4.01. The smallest absolute Gasteiger partial charge is 0.249 e. The molecule has 0 atom stereocenters. The monoisotopic (exact) mass is 611 g/mol. The van der Waals surface area contributed by atoms with Gasteiger partial charge in [0.25, 0.3) is 0 Å². The highest BCUT2D eigenvalue weighted by atomic mass is 79.9. The lowest BCUT2D eigenvalue weighted by Crippen LogP contribution is -2.24. The molecule has 2 amide bonds. The van der Waals surface area contributed by atoms with Gasteiger partial charge in [0, 0.05) is 5.02 Å². The van der Waals surface area contributed by atoms with Crippen molar-refractivity contribution in [2.24, 2.45) is 5.10 Å². The van der Waals surface area contributed by atoms with Crippen LogP contribution in [0, 0.1) is 0 Å². The number of nitrogens with one attached hydrogen (secondary N) is 2. The number of amides is 2. The van der Waals surface area contributed by atoms with Crippen molar-refractivity contribution in [3.05, 3.63) is 85.3 Å². The van der Waals surface area contributed by atoms with Crippen molar-refractivity contribution >= 4 is 74.4 Å². The molecule has 11 heteroatoms. The molecule has 0 heterocycles. The summed E-state index contributed by atoms with van der Waals surface area (Å²) in [5, 5.41) is 7.61. The van der Waals surface area contributed by atoms with Gasteiger partial charge in [0.1, 0.15) is 13.0 Å². The summed E-state index contributed by atoms with van der Waals surface area (Å²) in [5.41, 5.74) is 4.23. The van der Waals surface area contributed by atoms with Gasteiger partial charge < -0.3 is 14.8 Å². The summed E-state index contributed by atoms with van der Waals surface area (Å²) in [6, 6.07) is 15.7. The van der Waals surface area contributed by atoms with Gasteiger partial charge in [-0.25, -0.2) is 5.43 Å². The molecule has 0 unspecified atom stereocenters. The Hall–Kier alpha value is -2.78.